The second-order valence-corrected chi connectivity index (χ2v) is 4.94. The predicted octanol–water partition coefficient (Wildman–Crippen LogP) is 3.17. The number of anilines is 1. The number of nitrogens with zero attached hydrogens (tertiary/aromatic N) is 1. The summed E-state index contributed by atoms with van der Waals surface area (Å²) in [6, 6.07) is 8.34. The number of hydrogen-bond acceptors (Lipinski definition) is 4. The normalized spacial score (nSPS) is 10.3. The van der Waals surface area contributed by atoms with E-state index in [-0.39, 0.29) is 11.3 Å². The average molecular weight is 281 g/mol. The van der Waals surface area contributed by atoms with Crippen LogP contribution in [-0.4, -0.2) is 16.1 Å². The number of rotatable bonds is 3. The number of aromatic nitrogens is 1. The van der Waals surface area contributed by atoms with E-state index in [9.17, 15) is 4.79 Å². The van der Waals surface area contributed by atoms with Gasteiger partial charge in [0.2, 0.25) is 0 Å². The van der Waals surface area contributed by atoms with Crippen molar-refractivity contribution in [3.05, 3.63) is 47.1 Å². The number of carboxylic acids is 1. The molecule has 6 heteroatoms. The molecule has 0 fully saturated rings. The summed E-state index contributed by atoms with van der Waals surface area (Å²) in [6.45, 7) is 0. The molecular weight excluding hydrogens is 272 g/mol. The lowest BCUT2D eigenvalue weighted by Crippen LogP contribution is -2.03. The van der Waals surface area contributed by atoms with Crippen LogP contribution in [0.3, 0.4) is 0 Å². The van der Waals surface area contributed by atoms with Gasteiger partial charge in [0.15, 0.2) is 0 Å². The Kier molecular flexibility index (Phi) is 3.74. The van der Waals surface area contributed by atoms with Gasteiger partial charge in [-0.25, -0.2) is 9.78 Å². The monoisotopic (exact) mass is 280 g/mol. The van der Waals surface area contributed by atoms with E-state index in [1.807, 2.05) is 0 Å². The number of carbonyl (C=O) groups is 1. The molecule has 1 aromatic heterocycles. The number of benzene rings is 1. The van der Waals surface area contributed by atoms with Crippen LogP contribution in [0.5, 0.6) is 0 Å². The smallest absolute Gasteiger partial charge is 0.337 e. The predicted molar refractivity (Wildman–Crippen MR) is 71.2 cm³/mol. The molecular formula is C12H9ClN2O2S. The van der Waals surface area contributed by atoms with E-state index in [1.54, 1.807) is 24.3 Å². The van der Waals surface area contributed by atoms with Crippen LogP contribution >= 0.6 is 23.4 Å². The number of halogens is 1. The third kappa shape index (κ3) is 2.75. The zero-order chi connectivity index (χ0) is 13.1. The van der Waals surface area contributed by atoms with Crippen LogP contribution in [0.25, 0.3) is 0 Å². The first-order chi connectivity index (χ1) is 8.58. The van der Waals surface area contributed by atoms with Gasteiger partial charge < -0.3 is 10.8 Å². The third-order valence-corrected chi connectivity index (χ3v) is 3.46. The van der Waals surface area contributed by atoms with Gasteiger partial charge in [-0.15, -0.1) is 0 Å². The van der Waals surface area contributed by atoms with Gasteiger partial charge in [-0.1, -0.05) is 29.4 Å². The van der Waals surface area contributed by atoms with Crippen molar-refractivity contribution in [2.75, 3.05) is 5.73 Å². The fourth-order valence-electron chi connectivity index (χ4n) is 1.35. The van der Waals surface area contributed by atoms with Gasteiger partial charge in [0.05, 0.1) is 16.3 Å². The van der Waals surface area contributed by atoms with Crippen LogP contribution in [0.4, 0.5) is 5.69 Å². The van der Waals surface area contributed by atoms with Crippen LogP contribution < -0.4 is 5.73 Å². The Morgan fingerprint density at radius 1 is 1.33 bits per heavy atom. The lowest BCUT2D eigenvalue weighted by molar-refractivity contribution is 0.0698. The van der Waals surface area contributed by atoms with Crippen LogP contribution in [0, 0.1) is 0 Å². The second kappa shape index (κ2) is 5.29. The fourth-order valence-corrected chi connectivity index (χ4v) is 2.30. The fraction of sp³-hybridized carbons (Fsp3) is 0. The Morgan fingerprint density at radius 2 is 2.11 bits per heavy atom. The molecule has 2 aromatic rings. The first-order valence-electron chi connectivity index (χ1n) is 4.99. The minimum absolute atomic E-state index is 0.0916. The number of hydrogen-bond donors (Lipinski definition) is 2. The number of nitrogen functional groups attached to an aromatic ring is 1. The summed E-state index contributed by atoms with van der Waals surface area (Å²) in [5.41, 5.74) is 6.14. The van der Waals surface area contributed by atoms with E-state index in [1.165, 1.54) is 24.0 Å². The van der Waals surface area contributed by atoms with Crippen LogP contribution in [0.2, 0.25) is 5.02 Å². The van der Waals surface area contributed by atoms with Crippen LogP contribution in [0.1, 0.15) is 10.4 Å². The summed E-state index contributed by atoms with van der Waals surface area (Å²) in [4.78, 5) is 15.7. The Bertz CT molecular complexity index is 587. The Morgan fingerprint density at radius 3 is 2.72 bits per heavy atom. The summed E-state index contributed by atoms with van der Waals surface area (Å²) in [7, 11) is 0. The average Bonchev–Trinajstić information content (AvgIpc) is 2.34. The molecule has 0 amide bonds. The highest BCUT2D eigenvalue weighted by atomic mass is 35.5. The van der Waals surface area contributed by atoms with E-state index in [0.717, 1.165) is 0 Å². The first-order valence-corrected chi connectivity index (χ1v) is 6.18. The van der Waals surface area contributed by atoms with Crippen molar-refractivity contribution in [2.24, 2.45) is 0 Å². The van der Waals surface area contributed by atoms with E-state index in [0.29, 0.717) is 14.9 Å². The van der Waals surface area contributed by atoms with E-state index >= 15 is 0 Å². The van der Waals surface area contributed by atoms with Crippen LogP contribution in [0.15, 0.2) is 46.5 Å². The summed E-state index contributed by atoms with van der Waals surface area (Å²) in [5, 5.41) is 10.2. The van der Waals surface area contributed by atoms with E-state index in [4.69, 9.17) is 22.4 Å². The molecule has 4 nitrogen and oxygen atoms in total. The molecule has 0 aliphatic rings. The number of aromatic carboxylic acids is 1. The number of para-hydroxylation sites is 1. The minimum atomic E-state index is -1.04. The molecule has 0 saturated heterocycles. The van der Waals surface area contributed by atoms with E-state index in [2.05, 4.69) is 4.98 Å². The highest BCUT2D eigenvalue weighted by Gasteiger charge is 2.12. The zero-order valence-corrected chi connectivity index (χ0v) is 10.7. The van der Waals surface area contributed by atoms with Gasteiger partial charge in [-0.3, -0.25) is 0 Å². The van der Waals surface area contributed by atoms with Crippen molar-refractivity contribution in [1.29, 1.82) is 0 Å². The molecule has 2 rings (SSSR count). The topological polar surface area (TPSA) is 76.2 Å². The molecule has 0 aliphatic carbocycles. The summed E-state index contributed by atoms with van der Waals surface area (Å²) in [5.74, 6) is -1.04. The minimum Gasteiger partial charge on any atom is -0.478 e. The number of nitrogens with two attached hydrogens (primary N) is 1. The van der Waals surface area contributed by atoms with Crippen molar-refractivity contribution < 1.29 is 9.90 Å². The van der Waals surface area contributed by atoms with Crippen molar-refractivity contribution >= 4 is 35.0 Å². The second-order valence-electron chi connectivity index (χ2n) is 3.44. The molecule has 0 aliphatic heterocycles. The highest BCUT2D eigenvalue weighted by Crippen LogP contribution is 2.32. The summed E-state index contributed by atoms with van der Waals surface area (Å²) < 4.78 is 0. The molecule has 0 spiro atoms. The lowest BCUT2D eigenvalue weighted by atomic mass is 10.2. The molecule has 0 radical (unpaired) electrons. The molecule has 1 heterocycles. The molecule has 0 bridgehead atoms. The molecule has 0 unspecified atom stereocenters. The van der Waals surface area contributed by atoms with Crippen LogP contribution in [-0.2, 0) is 0 Å². The van der Waals surface area contributed by atoms with Crippen molar-refractivity contribution in [3.8, 4) is 0 Å². The zero-order valence-electron chi connectivity index (χ0n) is 9.13. The van der Waals surface area contributed by atoms with Gasteiger partial charge in [0.25, 0.3) is 0 Å². The van der Waals surface area contributed by atoms with Crippen molar-refractivity contribution in [3.63, 3.8) is 0 Å². The van der Waals surface area contributed by atoms with Gasteiger partial charge in [-0.2, -0.15) is 0 Å². The van der Waals surface area contributed by atoms with Gasteiger partial charge in [0.1, 0.15) is 5.03 Å². The SMILES string of the molecule is Nc1c(Sc2ccc(Cl)cn2)cccc1C(=O)O. The third-order valence-electron chi connectivity index (χ3n) is 2.21. The Balaban J connectivity index is 2.32. The largest absolute Gasteiger partial charge is 0.478 e. The van der Waals surface area contributed by atoms with Gasteiger partial charge in [-0.05, 0) is 24.3 Å². The van der Waals surface area contributed by atoms with Crippen molar-refractivity contribution in [2.45, 2.75) is 9.92 Å². The maximum Gasteiger partial charge on any atom is 0.337 e. The molecule has 3 N–H and O–H groups in total. The number of carboxylic acid groups (broad SMARTS) is 1. The maximum absolute atomic E-state index is 10.9. The standard InChI is InChI=1S/C12H9ClN2O2S/c13-7-4-5-10(15-6-7)18-9-3-1-2-8(11(9)14)12(16)17/h1-6H,14H2,(H,16,17). The Labute approximate surface area is 113 Å². The molecule has 92 valence electrons. The maximum atomic E-state index is 10.9. The molecule has 1 aromatic carbocycles. The number of pyridine rings is 1. The summed E-state index contributed by atoms with van der Waals surface area (Å²) >= 11 is 7.03. The van der Waals surface area contributed by atoms with Gasteiger partial charge in [0, 0.05) is 11.1 Å². The Hall–Kier alpha value is -1.72. The summed E-state index contributed by atoms with van der Waals surface area (Å²) in [6.07, 6.45) is 1.53. The quantitative estimate of drug-likeness (QED) is 0.845. The molecule has 0 saturated carbocycles. The highest BCUT2D eigenvalue weighted by molar-refractivity contribution is 7.99. The van der Waals surface area contributed by atoms with E-state index < -0.39 is 5.97 Å². The molecule has 0 atom stereocenters. The lowest BCUT2D eigenvalue weighted by Gasteiger charge is -2.07. The van der Waals surface area contributed by atoms with Crippen molar-refractivity contribution in [1.82, 2.24) is 4.98 Å². The molecule has 18 heavy (non-hydrogen) atoms. The van der Waals surface area contributed by atoms with Gasteiger partial charge >= 0.3 is 5.97 Å². The first kappa shape index (κ1) is 12.7.